The van der Waals surface area contributed by atoms with Crippen molar-refractivity contribution < 1.29 is 22.6 Å². The number of fused-ring (bicyclic) bond motifs is 2. The van der Waals surface area contributed by atoms with Crippen molar-refractivity contribution in [1.29, 1.82) is 0 Å². The van der Waals surface area contributed by atoms with Gasteiger partial charge in [0.1, 0.15) is 24.1 Å². The highest BCUT2D eigenvalue weighted by Gasteiger charge is 2.46. The quantitative estimate of drug-likeness (QED) is 0.410. The number of likely N-dealkylation sites (tertiary alicyclic amines) is 1. The van der Waals surface area contributed by atoms with E-state index >= 15 is 0 Å². The van der Waals surface area contributed by atoms with Crippen molar-refractivity contribution in [3.8, 4) is 17.3 Å². The number of hydrogen-bond acceptors (Lipinski definition) is 7. The van der Waals surface area contributed by atoms with Crippen LogP contribution in [0.15, 0.2) is 48.7 Å². The third kappa shape index (κ3) is 4.73. The van der Waals surface area contributed by atoms with Crippen LogP contribution < -0.4 is 10.5 Å². The summed E-state index contributed by atoms with van der Waals surface area (Å²) in [6.07, 6.45) is -2.63. The molecule has 2 unspecified atom stereocenters. The van der Waals surface area contributed by atoms with Gasteiger partial charge in [0.25, 0.3) is 0 Å². The van der Waals surface area contributed by atoms with Gasteiger partial charge in [-0.15, -0.1) is 10.2 Å². The first-order valence-electron chi connectivity index (χ1n) is 11.7. The second-order valence-electron chi connectivity index (χ2n) is 9.08. The number of halogens is 3. The maximum atomic E-state index is 14.2. The first-order valence-corrected chi connectivity index (χ1v) is 11.7. The fraction of sp³-hybridized carbons (Fsp3) is 0.400. The molecule has 0 amide bonds. The number of para-hydroxylation sites is 1. The molecule has 0 bridgehead atoms. The third-order valence-electron chi connectivity index (χ3n) is 6.46. The van der Waals surface area contributed by atoms with Crippen molar-refractivity contribution in [3.63, 3.8) is 0 Å². The van der Waals surface area contributed by atoms with Crippen molar-refractivity contribution in [3.05, 3.63) is 54.2 Å². The Kier molecular flexibility index (Phi) is 6.54. The smallest absolute Gasteiger partial charge is 0.408 e. The van der Waals surface area contributed by atoms with Crippen molar-refractivity contribution in [2.24, 2.45) is 5.73 Å². The Morgan fingerprint density at radius 2 is 1.97 bits per heavy atom. The average molecular weight is 501 g/mol. The fourth-order valence-corrected chi connectivity index (χ4v) is 4.55. The van der Waals surface area contributed by atoms with Crippen molar-refractivity contribution >= 4 is 16.6 Å². The molecule has 8 nitrogen and oxygen atoms in total. The van der Waals surface area contributed by atoms with Crippen LogP contribution in [0, 0.1) is 0 Å². The largest absolute Gasteiger partial charge is 0.490 e. The standard InChI is InChI=1S/C25H27F3N6O2/c1-15(35-2)14-36-21-11-20(30-19-6-4-3-5-18(19)21)24-32-31-22-8-7-16(12-34(22)24)23(25(26,27)28)33-10-9-17(29)13-33/h3-8,11-12,15,17,23H,9-10,13-14,29H2,1-2H3/t15?,17?,23-/m1/s1. The van der Waals surface area contributed by atoms with E-state index in [4.69, 9.17) is 20.2 Å². The van der Waals surface area contributed by atoms with Crippen molar-refractivity contribution in [1.82, 2.24) is 24.5 Å². The molecule has 0 radical (unpaired) electrons. The minimum Gasteiger partial charge on any atom is -0.490 e. The number of benzene rings is 1. The molecule has 11 heteroatoms. The van der Waals surface area contributed by atoms with E-state index in [-0.39, 0.29) is 30.8 Å². The molecule has 1 aliphatic rings. The zero-order valence-corrected chi connectivity index (χ0v) is 19.9. The molecule has 5 rings (SSSR count). The average Bonchev–Trinajstić information content (AvgIpc) is 3.47. The van der Waals surface area contributed by atoms with E-state index in [9.17, 15) is 13.2 Å². The van der Waals surface area contributed by atoms with Gasteiger partial charge in [-0.3, -0.25) is 9.30 Å². The Hall–Kier alpha value is -3.28. The molecule has 190 valence electrons. The van der Waals surface area contributed by atoms with Crippen LogP contribution in [-0.2, 0) is 4.74 Å². The van der Waals surface area contributed by atoms with Gasteiger partial charge in [0.05, 0.1) is 11.6 Å². The SMILES string of the molecule is COC(C)COc1cc(-c2nnc3ccc([C@@H](N4CCC(N)C4)C(F)(F)F)cn23)nc2ccccc12. The summed E-state index contributed by atoms with van der Waals surface area (Å²) in [5.41, 5.74) is 7.52. The van der Waals surface area contributed by atoms with Gasteiger partial charge in [-0.25, -0.2) is 4.98 Å². The number of pyridine rings is 2. The van der Waals surface area contributed by atoms with E-state index in [0.29, 0.717) is 41.5 Å². The molecule has 0 saturated carbocycles. The molecule has 1 aliphatic heterocycles. The lowest BCUT2D eigenvalue weighted by Crippen LogP contribution is -2.38. The predicted molar refractivity (Wildman–Crippen MR) is 129 cm³/mol. The summed E-state index contributed by atoms with van der Waals surface area (Å²) < 4.78 is 55.4. The number of methoxy groups -OCH3 is 1. The Morgan fingerprint density at radius 1 is 1.17 bits per heavy atom. The van der Waals surface area contributed by atoms with Gasteiger partial charge < -0.3 is 15.2 Å². The predicted octanol–water partition coefficient (Wildman–Crippen LogP) is 3.99. The molecule has 3 aromatic heterocycles. The van der Waals surface area contributed by atoms with Gasteiger partial charge in [-0.1, -0.05) is 18.2 Å². The first-order chi connectivity index (χ1) is 17.2. The summed E-state index contributed by atoms with van der Waals surface area (Å²) in [6, 6.07) is 10.2. The Bertz CT molecular complexity index is 1380. The number of alkyl halides is 3. The lowest BCUT2D eigenvalue weighted by molar-refractivity contribution is -0.183. The summed E-state index contributed by atoms with van der Waals surface area (Å²) in [6.45, 7) is 2.68. The van der Waals surface area contributed by atoms with E-state index in [2.05, 4.69) is 10.2 Å². The number of rotatable bonds is 7. The molecular formula is C25H27F3N6O2. The Labute approximate surface area is 205 Å². The lowest BCUT2D eigenvalue weighted by atomic mass is 10.1. The van der Waals surface area contributed by atoms with Gasteiger partial charge in [-0.05, 0) is 37.1 Å². The van der Waals surface area contributed by atoms with Crippen LogP contribution in [0.2, 0.25) is 0 Å². The van der Waals surface area contributed by atoms with Crippen molar-refractivity contribution in [2.75, 3.05) is 26.8 Å². The van der Waals surface area contributed by atoms with Crippen LogP contribution in [0.4, 0.5) is 13.2 Å². The van der Waals surface area contributed by atoms with Crippen molar-refractivity contribution in [2.45, 2.75) is 37.7 Å². The van der Waals surface area contributed by atoms with Gasteiger partial charge in [0.15, 0.2) is 11.5 Å². The van der Waals surface area contributed by atoms with E-state index in [1.807, 2.05) is 31.2 Å². The minimum atomic E-state index is -4.47. The summed E-state index contributed by atoms with van der Waals surface area (Å²) in [7, 11) is 1.61. The van der Waals surface area contributed by atoms with Crippen LogP contribution in [0.3, 0.4) is 0 Å². The Morgan fingerprint density at radius 3 is 2.69 bits per heavy atom. The van der Waals surface area contributed by atoms with Crippen LogP contribution in [0.1, 0.15) is 24.9 Å². The fourth-order valence-electron chi connectivity index (χ4n) is 4.55. The molecule has 1 fully saturated rings. The second kappa shape index (κ2) is 9.64. The van der Waals surface area contributed by atoms with E-state index in [0.717, 1.165) is 5.39 Å². The Balaban J connectivity index is 1.59. The summed E-state index contributed by atoms with van der Waals surface area (Å²) >= 11 is 0. The minimum absolute atomic E-state index is 0.0938. The molecule has 0 spiro atoms. The zero-order valence-electron chi connectivity index (χ0n) is 19.9. The molecule has 3 atom stereocenters. The van der Waals surface area contributed by atoms with E-state index < -0.39 is 12.2 Å². The highest BCUT2D eigenvalue weighted by atomic mass is 19.4. The molecule has 2 N–H and O–H groups in total. The van der Waals surface area contributed by atoms with Crippen LogP contribution >= 0.6 is 0 Å². The zero-order chi connectivity index (χ0) is 25.4. The lowest BCUT2D eigenvalue weighted by Gasteiger charge is -2.30. The summed E-state index contributed by atoms with van der Waals surface area (Å²) in [4.78, 5) is 6.08. The van der Waals surface area contributed by atoms with Gasteiger partial charge >= 0.3 is 6.18 Å². The first kappa shape index (κ1) is 24.4. The topological polar surface area (TPSA) is 90.8 Å². The van der Waals surface area contributed by atoms with Crippen LogP contribution in [0.25, 0.3) is 28.1 Å². The van der Waals surface area contributed by atoms with E-state index in [1.165, 1.54) is 17.2 Å². The number of hydrogen-bond donors (Lipinski definition) is 1. The number of nitrogens with zero attached hydrogens (tertiary/aromatic N) is 5. The summed E-state index contributed by atoms with van der Waals surface area (Å²) in [5.74, 6) is 0.896. The number of nitrogens with two attached hydrogens (primary N) is 1. The second-order valence-corrected chi connectivity index (χ2v) is 9.08. The normalized spacial score (nSPS) is 18.7. The third-order valence-corrected chi connectivity index (χ3v) is 6.46. The number of ether oxygens (including phenoxy) is 2. The van der Waals surface area contributed by atoms with Gasteiger partial charge in [-0.2, -0.15) is 13.2 Å². The van der Waals surface area contributed by atoms with Gasteiger partial charge in [0.2, 0.25) is 0 Å². The molecular weight excluding hydrogens is 473 g/mol. The van der Waals surface area contributed by atoms with Crippen LogP contribution in [0.5, 0.6) is 5.75 Å². The highest BCUT2D eigenvalue weighted by molar-refractivity contribution is 5.87. The molecule has 1 saturated heterocycles. The van der Waals surface area contributed by atoms with Crippen LogP contribution in [-0.4, -0.2) is 69.6 Å². The van der Waals surface area contributed by atoms with Gasteiger partial charge in [0, 0.05) is 43.9 Å². The molecule has 0 aliphatic carbocycles. The van der Waals surface area contributed by atoms with E-state index in [1.54, 1.807) is 23.6 Å². The molecule has 36 heavy (non-hydrogen) atoms. The highest BCUT2D eigenvalue weighted by Crippen LogP contribution is 2.39. The molecule has 4 heterocycles. The summed E-state index contributed by atoms with van der Waals surface area (Å²) in [5, 5.41) is 9.22. The number of aromatic nitrogens is 4. The molecule has 1 aromatic carbocycles. The monoisotopic (exact) mass is 500 g/mol. The maximum absolute atomic E-state index is 14.2. The molecule has 4 aromatic rings. The maximum Gasteiger partial charge on any atom is 0.408 e.